The second-order valence-electron chi connectivity index (χ2n) is 4.29. The van der Waals surface area contributed by atoms with Gasteiger partial charge in [-0.05, 0) is 37.3 Å². The van der Waals surface area contributed by atoms with Gasteiger partial charge in [0.05, 0.1) is 12.1 Å². The maximum Gasteiger partial charge on any atom is 0.266 e. The molecule has 2 heterocycles. The number of hydrogen-bond acceptors (Lipinski definition) is 5. The van der Waals surface area contributed by atoms with Crippen molar-refractivity contribution in [1.29, 1.82) is 0 Å². The minimum absolute atomic E-state index is 0.165. The van der Waals surface area contributed by atoms with Gasteiger partial charge in [-0.25, -0.2) is 4.98 Å². The third-order valence-corrected chi connectivity index (χ3v) is 3.90. The molecule has 0 unspecified atom stereocenters. The molecule has 3 rings (SSSR count). The van der Waals surface area contributed by atoms with Crippen LogP contribution in [0.2, 0.25) is 0 Å². The van der Waals surface area contributed by atoms with Crippen LogP contribution in [0, 0.1) is 11.8 Å². The number of amides is 1. The fourth-order valence-corrected chi connectivity index (χ4v) is 2.74. The highest BCUT2D eigenvalue weighted by Crippen LogP contribution is 2.15. The van der Waals surface area contributed by atoms with Crippen LogP contribution in [-0.4, -0.2) is 15.9 Å². The van der Waals surface area contributed by atoms with Crippen molar-refractivity contribution in [1.82, 2.24) is 15.3 Å². The summed E-state index contributed by atoms with van der Waals surface area (Å²) in [6, 6.07) is 5.17. The van der Waals surface area contributed by atoms with Crippen molar-refractivity contribution in [3.05, 3.63) is 44.7 Å². The number of thiazole rings is 1. The Balaban J connectivity index is 1.76. The highest BCUT2D eigenvalue weighted by molar-refractivity contribution is 7.71. The summed E-state index contributed by atoms with van der Waals surface area (Å²) >= 11 is 6.44. The molecule has 102 valence electrons. The van der Waals surface area contributed by atoms with Gasteiger partial charge < -0.3 is 14.7 Å². The summed E-state index contributed by atoms with van der Waals surface area (Å²) < 4.78 is 5.29. The number of carbonyl (C=O) groups excluding carboxylic acids is 1. The molecule has 0 radical (unpaired) electrons. The van der Waals surface area contributed by atoms with Gasteiger partial charge in [-0.15, -0.1) is 11.3 Å². The summed E-state index contributed by atoms with van der Waals surface area (Å²) in [5, 5.41) is 5.67. The first kappa shape index (κ1) is 13.0. The Labute approximate surface area is 123 Å². The number of nitrogens with one attached hydrogen (secondary N) is 2. The molecule has 0 aliphatic heterocycles. The number of benzene rings is 1. The van der Waals surface area contributed by atoms with Gasteiger partial charge in [0.1, 0.15) is 5.01 Å². The molecular formula is C13H11N3O2S2. The first-order chi connectivity index (χ1) is 9.61. The van der Waals surface area contributed by atoms with Crippen molar-refractivity contribution in [2.75, 3.05) is 0 Å². The van der Waals surface area contributed by atoms with Crippen LogP contribution in [0.4, 0.5) is 0 Å². The van der Waals surface area contributed by atoms with E-state index < -0.39 is 0 Å². The molecule has 2 aromatic heterocycles. The lowest BCUT2D eigenvalue weighted by Crippen LogP contribution is -2.22. The van der Waals surface area contributed by atoms with E-state index in [2.05, 4.69) is 15.3 Å². The van der Waals surface area contributed by atoms with Crippen LogP contribution in [0.5, 0.6) is 0 Å². The highest BCUT2D eigenvalue weighted by Gasteiger charge is 2.09. The summed E-state index contributed by atoms with van der Waals surface area (Å²) in [6.07, 6.45) is 0. The third-order valence-electron chi connectivity index (χ3n) is 2.75. The number of nitrogens with zero attached hydrogens (tertiary/aromatic N) is 1. The second kappa shape index (κ2) is 5.18. The molecule has 1 amide bonds. The Morgan fingerprint density at radius 1 is 1.55 bits per heavy atom. The Kier molecular flexibility index (Phi) is 3.37. The summed E-state index contributed by atoms with van der Waals surface area (Å²) in [7, 11) is 0. The average molecular weight is 305 g/mol. The number of hydrogen-bond donors (Lipinski definition) is 2. The molecule has 0 saturated heterocycles. The van der Waals surface area contributed by atoms with Crippen molar-refractivity contribution in [3.8, 4) is 0 Å². The normalized spacial score (nSPS) is 10.8. The number of aryl methyl sites for hydroxylation is 1. The monoisotopic (exact) mass is 305 g/mol. The number of oxazole rings is 1. The minimum Gasteiger partial charge on any atom is -0.429 e. The molecule has 0 saturated carbocycles. The van der Waals surface area contributed by atoms with Gasteiger partial charge in [-0.3, -0.25) is 4.79 Å². The summed E-state index contributed by atoms with van der Waals surface area (Å²) in [4.78, 5) is 19.6. The molecule has 0 spiro atoms. The molecule has 7 heteroatoms. The molecule has 5 nitrogen and oxygen atoms in total. The van der Waals surface area contributed by atoms with E-state index in [4.69, 9.17) is 16.6 Å². The molecule has 0 atom stereocenters. The first-order valence-electron chi connectivity index (χ1n) is 5.94. The van der Waals surface area contributed by atoms with Crippen LogP contribution in [0.25, 0.3) is 11.1 Å². The van der Waals surface area contributed by atoms with Crippen LogP contribution in [0.3, 0.4) is 0 Å². The molecule has 2 N–H and O–H groups in total. The fraction of sp³-hybridized carbons (Fsp3) is 0.154. The van der Waals surface area contributed by atoms with Crippen LogP contribution >= 0.6 is 23.6 Å². The van der Waals surface area contributed by atoms with E-state index in [1.807, 2.05) is 12.3 Å². The molecular weight excluding hydrogens is 294 g/mol. The van der Waals surface area contributed by atoms with Crippen molar-refractivity contribution >= 4 is 40.6 Å². The van der Waals surface area contributed by atoms with Crippen molar-refractivity contribution in [2.24, 2.45) is 0 Å². The van der Waals surface area contributed by atoms with E-state index >= 15 is 0 Å². The van der Waals surface area contributed by atoms with Crippen LogP contribution in [0.1, 0.15) is 21.1 Å². The number of fused-ring (bicyclic) bond motifs is 1. The van der Waals surface area contributed by atoms with Gasteiger partial charge >= 0.3 is 0 Å². The lowest BCUT2D eigenvalue weighted by Gasteiger charge is -2.02. The first-order valence-corrected chi connectivity index (χ1v) is 7.23. The fourth-order valence-electron chi connectivity index (χ4n) is 1.83. The lowest BCUT2D eigenvalue weighted by molar-refractivity contribution is 0.0951. The van der Waals surface area contributed by atoms with Gasteiger partial charge in [-0.2, -0.15) is 0 Å². The van der Waals surface area contributed by atoms with E-state index in [0.29, 0.717) is 22.5 Å². The maximum atomic E-state index is 12.1. The maximum absolute atomic E-state index is 12.1. The molecule has 0 bridgehead atoms. The Morgan fingerprint density at radius 2 is 2.40 bits per heavy atom. The third kappa shape index (κ3) is 2.63. The molecule has 1 aromatic carbocycles. The zero-order chi connectivity index (χ0) is 14.1. The summed E-state index contributed by atoms with van der Waals surface area (Å²) in [6.45, 7) is 2.35. The average Bonchev–Trinajstić information content (AvgIpc) is 2.99. The largest absolute Gasteiger partial charge is 0.429 e. The zero-order valence-corrected chi connectivity index (χ0v) is 12.2. The van der Waals surface area contributed by atoms with Gasteiger partial charge in [-0.1, -0.05) is 0 Å². The standard InChI is InChI=1S/C13H11N3O2S2/c1-7-6-20-11(15-7)5-14-12(17)8-2-3-9-10(4-8)18-13(19)16-9/h2-4,6H,5H2,1H3,(H,14,17)(H,16,19). The van der Waals surface area contributed by atoms with Gasteiger partial charge in [0.2, 0.25) is 0 Å². The number of aromatic amines is 1. The predicted octanol–water partition coefficient (Wildman–Crippen LogP) is 3.19. The Morgan fingerprint density at radius 3 is 3.15 bits per heavy atom. The van der Waals surface area contributed by atoms with E-state index in [9.17, 15) is 4.79 Å². The number of rotatable bonds is 3. The van der Waals surface area contributed by atoms with Crippen molar-refractivity contribution < 1.29 is 9.21 Å². The Bertz CT molecular complexity index is 831. The van der Waals surface area contributed by atoms with E-state index in [1.165, 1.54) is 11.3 Å². The number of H-pyrrole nitrogens is 1. The quantitative estimate of drug-likeness (QED) is 0.729. The SMILES string of the molecule is Cc1csc(CNC(=O)c2ccc3[nH]c(=S)oc3c2)n1. The predicted molar refractivity (Wildman–Crippen MR) is 79.4 cm³/mol. The Hall–Kier alpha value is -1.99. The number of carbonyl (C=O) groups is 1. The highest BCUT2D eigenvalue weighted by atomic mass is 32.1. The van der Waals surface area contributed by atoms with Crippen LogP contribution in [0.15, 0.2) is 28.0 Å². The van der Waals surface area contributed by atoms with Crippen molar-refractivity contribution in [2.45, 2.75) is 13.5 Å². The molecule has 20 heavy (non-hydrogen) atoms. The molecule has 0 fully saturated rings. The lowest BCUT2D eigenvalue weighted by atomic mass is 10.2. The van der Waals surface area contributed by atoms with Crippen molar-refractivity contribution in [3.63, 3.8) is 0 Å². The van der Waals surface area contributed by atoms with Gasteiger partial charge in [0, 0.05) is 16.6 Å². The number of aromatic nitrogens is 2. The summed E-state index contributed by atoms with van der Waals surface area (Å²) in [5.74, 6) is -0.165. The van der Waals surface area contributed by atoms with Crippen LogP contribution in [-0.2, 0) is 6.54 Å². The van der Waals surface area contributed by atoms with Gasteiger partial charge in [0.25, 0.3) is 10.7 Å². The molecule has 3 aromatic rings. The van der Waals surface area contributed by atoms with E-state index in [-0.39, 0.29) is 5.91 Å². The minimum atomic E-state index is -0.165. The van der Waals surface area contributed by atoms with Crippen LogP contribution < -0.4 is 5.32 Å². The second-order valence-corrected chi connectivity index (χ2v) is 5.60. The summed E-state index contributed by atoms with van der Waals surface area (Å²) in [5.41, 5.74) is 2.85. The van der Waals surface area contributed by atoms with Gasteiger partial charge in [0.15, 0.2) is 5.58 Å². The molecule has 0 aliphatic rings. The zero-order valence-electron chi connectivity index (χ0n) is 10.6. The van der Waals surface area contributed by atoms with E-state index in [1.54, 1.807) is 18.2 Å². The molecule has 0 aliphatic carbocycles. The smallest absolute Gasteiger partial charge is 0.266 e. The van der Waals surface area contributed by atoms with E-state index in [0.717, 1.165) is 16.2 Å². The topological polar surface area (TPSA) is 70.9 Å².